The van der Waals surface area contributed by atoms with E-state index in [0.717, 1.165) is 43.9 Å². The molecule has 2 fully saturated rings. The molecule has 2 atom stereocenters. The third-order valence-corrected chi connectivity index (χ3v) is 4.40. The molecule has 2 rings (SSSR count). The van der Waals surface area contributed by atoms with Crippen molar-refractivity contribution in [3.63, 3.8) is 0 Å². The van der Waals surface area contributed by atoms with Crippen molar-refractivity contribution in [2.75, 3.05) is 24.6 Å². The van der Waals surface area contributed by atoms with E-state index >= 15 is 0 Å². The van der Waals surface area contributed by atoms with Gasteiger partial charge in [0.25, 0.3) is 0 Å². The van der Waals surface area contributed by atoms with Crippen LogP contribution in [0.5, 0.6) is 0 Å². The fourth-order valence-corrected chi connectivity index (χ4v) is 3.41. The molecule has 0 aromatic rings. The number of hydrogen-bond donors (Lipinski definition) is 1. The van der Waals surface area contributed by atoms with Crippen molar-refractivity contribution >= 4 is 10.8 Å². The van der Waals surface area contributed by atoms with E-state index in [4.69, 9.17) is 0 Å². The smallest absolute Gasteiger partial charge is 0.0695 e. The minimum Gasteiger partial charge on any atom is -0.391 e. The Bertz CT molecular complexity index is 200. The van der Waals surface area contributed by atoms with Gasteiger partial charge in [-0.15, -0.1) is 0 Å². The summed E-state index contributed by atoms with van der Waals surface area (Å²) in [5.41, 5.74) is 0. The average Bonchev–Trinajstić information content (AvgIpc) is 2.53. The maximum Gasteiger partial charge on any atom is 0.0695 e. The second-order valence-electron chi connectivity index (χ2n) is 3.95. The standard InChI is InChI=1S/C9H17NO2S/c11-9-3-1-2-8(9)10-4-6-13(12)7-5-10/h8-9,11H,1-7H2/t8-,9-/m0/s1. The van der Waals surface area contributed by atoms with Gasteiger partial charge in [-0.05, 0) is 19.3 Å². The van der Waals surface area contributed by atoms with Gasteiger partial charge in [0, 0.05) is 41.4 Å². The predicted octanol–water partition coefficient (Wildman–Crippen LogP) is -0.0359. The molecule has 0 spiro atoms. The molecule has 1 saturated heterocycles. The Hall–Kier alpha value is 0.0700. The summed E-state index contributed by atoms with van der Waals surface area (Å²) in [6.45, 7) is 1.82. The van der Waals surface area contributed by atoms with E-state index in [9.17, 15) is 9.32 Å². The number of hydrogen-bond acceptors (Lipinski definition) is 3. The molecule has 4 heteroatoms. The first kappa shape index (κ1) is 9.62. The molecule has 0 amide bonds. The summed E-state index contributed by atoms with van der Waals surface area (Å²) in [5, 5.41) is 9.69. The minimum absolute atomic E-state index is 0.133. The van der Waals surface area contributed by atoms with Gasteiger partial charge in [0.05, 0.1) is 6.10 Å². The molecule has 0 aromatic carbocycles. The Labute approximate surface area is 81.6 Å². The van der Waals surface area contributed by atoms with Crippen LogP contribution in [0.4, 0.5) is 0 Å². The fraction of sp³-hybridized carbons (Fsp3) is 1.00. The van der Waals surface area contributed by atoms with Crippen LogP contribution in [0.1, 0.15) is 19.3 Å². The molecular formula is C9H17NO2S. The van der Waals surface area contributed by atoms with Gasteiger partial charge in [-0.2, -0.15) is 0 Å². The van der Waals surface area contributed by atoms with E-state index in [0.29, 0.717) is 6.04 Å². The van der Waals surface area contributed by atoms with E-state index in [1.54, 1.807) is 0 Å². The maximum absolute atomic E-state index is 11.1. The van der Waals surface area contributed by atoms with Gasteiger partial charge in [-0.25, -0.2) is 0 Å². The van der Waals surface area contributed by atoms with Gasteiger partial charge < -0.3 is 5.11 Å². The molecule has 0 bridgehead atoms. The first-order valence-electron chi connectivity index (χ1n) is 5.04. The van der Waals surface area contributed by atoms with Crippen LogP contribution in [-0.2, 0) is 10.8 Å². The lowest BCUT2D eigenvalue weighted by molar-refractivity contribution is 0.0764. The summed E-state index contributed by atoms with van der Waals surface area (Å²) in [6.07, 6.45) is 3.08. The second kappa shape index (κ2) is 4.07. The van der Waals surface area contributed by atoms with E-state index < -0.39 is 10.8 Å². The van der Waals surface area contributed by atoms with Crippen LogP contribution in [0.3, 0.4) is 0 Å². The van der Waals surface area contributed by atoms with E-state index in [1.165, 1.54) is 0 Å². The molecule has 3 nitrogen and oxygen atoms in total. The van der Waals surface area contributed by atoms with Crippen molar-refractivity contribution in [2.45, 2.75) is 31.4 Å². The normalized spacial score (nSPS) is 38.2. The van der Waals surface area contributed by atoms with Crippen LogP contribution >= 0.6 is 0 Å². The molecule has 76 valence electrons. The second-order valence-corrected chi connectivity index (χ2v) is 5.65. The summed E-state index contributed by atoms with van der Waals surface area (Å²) >= 11 is 0. The minimum atomic E-state index is -0.596. The quantitative estimate of drug-likeness (QED) is 0.650. The number of rotatable bonds is 1. The zero-order valence-electron chi connectivity index (χ0n) is 7.82. The molecule has 0 radical (unpaired) electrons. The highest BCUT2D eigenvalue weighted by atomic mass is 32.2. The van der Waals surface area contributed by atoms with Crippen LogP contribution in [0.15, 0.2) is 0 Å². The van der Waals surface area contributed by atoms with Gasteiger partial charge in [-0.1, -0.05) is 0 Å². The lowest BCUT2D eigenvalue weighted by Gasteiger charge is -2.33. The van der Waals surface area contributed by atoms with Crippen LogP contribution in [0, 0.1) is 0 Å². The largest absolute Gasteiger partial charge is 0.391 e. The fourth-order valence-electron chi connectivity index (χ4n) is 2.33. The highest BCUT2D eigenvalue weighted by Gasteiger charge is 2.32. The molecule has 13 heavy (non-hydrogen) atoms. The van der Waals surface area contributed by atoms with Crippen molar-refractivity contribution in [3.05, 3.63) is 0 Å². The van der Waals surface area contributed by atoms with Crippen molar-refractivity contribution in [3.8, 4) is 0 Å². The molecule has 0 unspecified atom stereocenters. The third kappa shape index (κ3) is 2.11. The number of aliphatic hydroxyl groups excluding tert-OH is 1. The Morgan fingerprint density at radius 3 is 2.46 bits per heavy atom. The monoisotopic (exact) mass is 203 g/mol. The van der Waals surface area contributed by atoms with Gasteiger partial charge >= 0.3 is 0 Å². The summed E-state index contributed by atoms with van der Waals surface area (Å²) in [7, 11) is -0.596. The molecule has 1 heterocycles. The van der Waals surface area contributed by atoms with E-state index in [2.05, 4.69) is 4.90 Å². The molecule has 0 aromatic heterocycles. The Morgan fingerprint density at radius 1 is 1.23 bits per heavy atom. The number of nitrogens with zero attached hydrogens (tertiary/aromatic N) is 1. The van der Waals surface area contributed by atoms with Crippen molar-refractivity contribution in [1.82, 2.24) is 4.90 Å². The van der Waals surface area contributed by atoms with Crippen molar-refractivity contribution < 1.29 is 9.32 Å². The molecule has 1 aliphatic heterocycles. The molecule has 1 aliphatic carbocycles. The van der Waals surface area contributed by atoms with Crippen LogP contribution < -0.4 is 0 Å². The molecule has 1 saturated carbocycles. The Kier molecular flexibility index (Phi) is 3.01. The van der Waals surface area contributed by atoms with Gasteiger partial charge in [-0.3, -0.25) is 9.11 Å². The molecule has 1 N–H and O–H groups in total. The highest BCUT2D eigenvalue weighted by Crippen LogP contribution is 2.24. The Morgan fingerprint density at radius 2 is 1.92 bits per heavy atom. The van der Waals surface area contributed by atoms with Crippen LogP contribution in [0.25, 0.3) is 0 Å². The lowest BCUT2D eigenvalue weighted by Crippen LogP contribution is -2.47. The molecular weight excluding hydrogens is 186 g/mol. The van der Waals surface area contributed by atoms with Gasteiger partial charge in [0.15, 0.2) is 0 Å². The Balaban J connectivity index is 1.90. The first-order chi connectivity index (χ1) is 6.27. The van der Waals surface area contributed by atoms with Gasteiger partial charge in [0.2, 0.25) is 0 Å². The topological polar surface area (TPSA) is 40.5 Å². The third-order valence-electron chi connectivity index (χ3n) is 3.13. The van der Waals surface area contributed by atoms with Gasteiger partial charge in [0.1, 0.15) is 0 Å². The predicted molar refractivity (Wildman–Crippen MR) is 53.1 cm³/mol. The average molecular weight is 203 g/mol. The summed E-state index contributed by atoms with van der Waals surface area (Å²) in [4.78, 5) is 2.32. The van der Waals surface area contributed by atoms with E-state index in [-0.39, 0.29) is 6.10 Å². The lowest BCUT2D eigenvalue weighted by atomic mass is 10.2. The molecule has 2 aliphatic rings. The van der Waals surface area contributed by atoms with Crippen molar-refractivity contribution in [2.24, 2.45) is 0 Å². The zero-order valence-corrected chi connectivity index (χ0v) is 8.63. The SMILES string of the molecule is O=S1CCN([C@H]2CCC[C@@H]2O)CC1. The van der Waals surface area contributed by atoms with Crippen molar-refractivity contribution in [1.29, 1.82) is 0 Å². The highest BCUT2D eigenvalue weighted by molar-refractivity contribution is 7.85. The number of aliphatic hydroxyl groups is 1. The van der Waals surface area contributed by atoms with Crippen LogP contribution in [0.2, 0.25) is 0 Å². The maximum atomic E-state index is 11.1. The summed E-state index contributed by atoms with van der Waals surface area (Å²) in [5.74, 6) is 1.59. The first-order valence-corrected chi connectivity index (χ1v) is 6.53. The summed E-state index contributed by atoms with van der Waals surface area (Å²) in [6, 6.07) is 0.359. The van der Waals surface area contributed by atoms with E-state index in [1.807, 2.05) is 0 Å². The summed E-state index contributed by atoms with van der Waals surface area (Å²) < 4.78 is 11.1. The zero-order chi connectivity index (χ0) is 9.26. The van der Waals surface area contributed by atoms with Crippen LogP contribution in [-0.4, -0.2) is 51.0 Å².